The Hall–Kier alpha value is -2.38. The Morgan fingerprint density at radius 3 is 2.93 bits per heavy atom. The number of likely N-dealkylation sites (N-methyl/N-ethyl adjacent to an activating group) is 1. The number of ether oxygens (including phenoxy) is 2. The molecule has 0 unspecified atom stereocenters. The van der Waals surface area contributed by atoms with Crippen molar-refractivity contribution in [3.05, 3.63) is 47.3 Å². The molecule has 1 aromatic heterocycles. The summed E-state index contributed by atoms with van der Waals surface area (Å²) in [5, 5.41) is 4.31. The lowest BCUT2D eigenvalue weighted by Crippen LogP contribution is -2.51. The Balaban J connectivity index is 1.66. The number of aryl methyl sites for hydroxylation is 1. The molecule has 27 heavy (non-hydrogen) atoms. The number of aromatic nitrogens is 2. The van der Waals surface area contributed by atoms with Crippen LogP contribution in [-0.4, -0.2) is 72.0 Å². The summed E-state index contributed by atoms with van der Waals surface area (Å²) in [5.41, 5.74) is 2.82. The van der Waals surface area contributed by atoms with E-state index in [9.17, 15) is 4.79 Å². The molecule has 0 aliphatic carbocycles. The first-order valence-corrected chi connectivity index (χ1v) is 9.34. The van der Waals surface area contributed by atoms with Crippen LogP contribution < -0.4 is 4.74 Å². The van der Waals surface area contributed by atoms with Gasteiger partial charge in [-0.25, -0.2) is 0 Å². The van der Waals surface area contributed by atoms with Gasteiger partial charge in [-0.15, -0.1) is 0 Å². The lowest BCUT2D eigenvalue weighted by Gasteiger charge is -2.41. The number of amides is 1. The highest BCUT2D eigenvalue weighted by molar-refractivity contribution is 5.95. The van der Waals surface area contributed by atoms with Gasteiger partial charge in [-0.1, -0.05) is 0 Å². The molecule has 144 valence electrons. The summed E-state index contributed by atoms with van der Waals surface area (Å²) in [6.45, 7) is 2.53. The fraction of sp³-hybridized carbons (Fsp3) is 0.500. The highest BCUT2D eigenvalue weighted by Crippen LogP contribution is 2.32. The van der Waals surface area contributed by atoms with Crippen LogP contribution in [-0.2, 0) is 18.2 Å². The highest BCUT2D eigenvalue weighted by atomic mass is 16.5. The van der Waals surface area contributed by atoms with Gasteiger partial charge in [0.1, 0.15) is 5.75 Å². The van der Waals surface area contributed by atoms with E-state index < -0.39 is 0 Å². The Morgan fingerprint density at radius 1 is 1.33 bits per heavy atom. The lowest BCUT2D eigenvalue weighted by molar-refractivity contribution is -0.0684. The third kappa shape index (κ3) is 3.57. The van der Waals surface area contributed by atoms with Crippen LogP contribution in [0.25, 0.3) is 0 Å². The molecule has 0 saturated carbocycles. The molecule has 7 nitrogen and oxygen atoms in total. The van der Waals surface area contributed by atoms with Crippen LogP contribution in [0.3, 0.4) is 0 Å². The number of benzene rings is 1. The SMILES string of the molecule is CN(C)C[C@@H]1OCCN(C(=O)c2ccc3c(c2)CCO3)[C@H]1c1cnn(C)c1. The molecule has 2 aliphatic heterocycles. The average molecular weight is 370 g/mol. The maximum atomic E-state index is 13.4. The third-order valence-corrected chi connectivity index (χ3v) is 5.16. The van der Waals surface area contributed by atoms with Crippen molar-refractivity contribution in [3.8, 4) is 5.75 Å². The second-order valence-electron chi connectivity index (χ2n) is 7.48. The van der Waals surface area contributed by atoms with E-state index in [-0.39, 0.29) is 18.1 Å². The van der Waals surface area contributed by atoms with Gasteiger partial charge in [-0.3, -0.25) is 9.48 Å². The van der Waals surface area contributed by atoms with Crippen LogP contribution in [0.5, 0.6) is 5.75 Å². The van der Waals surface area contributed by atoms with Gasteiger partial charge in [0.15, 0.2) is 0 Å². The molecule has 2 atom stereocenters. The largest absolute Gasteiger partial charge is 0.493 e. The van der Waals surface area contributed by atoms with Gasteiger partial charge >= 0.3 is 0 Å². The van der Waals surface area contributed by atoms with E-state index in [1.165, 1.54) is 0 Å². The van der Waals surface area contributed by atoms with Crippen molar-refractivity contribution < 1.29 is 14.3 Å². The van der Waals surface area contributed by atoms with Crippen molar-refractivity contribution in [1.29, 1.82) is 0 Å². The normalized spacial score (nSPS) is 22.0. The number of carbonyl (C=O) groups excluding carboxylic acids is 1. The number of fused-ring (bicyclic) bond motifs is 1. The molecule has 7 heteroatoms. The summed E-state index contributed by atoms with van der Waals surface area (Å²) in [4.78, 5) is 17.4. The first-order valence-electron chi connectivity index (χ1n) is 9.34. The Kier molecular flexibility index (Phi) is 4.88. The van der Waals surface area contributed by atoms with Crippen LogP contribution in [0.4, 0.5) is 0 Å². The molecule has 1 aromatic carbocycles. The molecule has 1 saturated heterocycles. The van der Waals surface area contributed by atoms with Crippen molar-refractivity contribution >= 4 is 5.91 Å². The van der Waals surface area contributed by atoms with Crippen LogP contribution in [0.1, 0.15) is 27.5 Å². The van der Waals surface area contributed by atoms with Gasteiger partial charge in [-0.2, -0.15) is 5.10 Å². The van der Waals surface area contributed by atoms with Gasteiger partial charge in [0.2, 0.25) is 0 Å². The van der Waals surface area contributed by atoms with E-state index in [0.717, 1.165) is 29.8 Å². The zero-order chi connectivity index (χ0) is 19.0. The van der Waals surface area contributed by atoms with Crippen molar-refractivity contribution in [2.45, 2.75) is 18.6 Å². The molecule has 2 aromatic rings. The van der Waals surface area contributed by atoms with E-state index >= 15 is 0 Å². The standard InChI is InChI=1S/C20H26N4O3/c1-22(2)13-18-19(16-11-21-23(3)12-16)24(7-9-27-18)20(25)15-4-5-17-14(10-15)6-8-26-17/h4-5,10-12,18-19H,6-9,13H2,1-3H3/t18-,19-/m0/s1. The van der Waals surface area contributed by atoms with Gasteiger partial charge in [0.05, 0.1) is 31.6 Å². The number of carbonyl (C=O) groups is 1. The van der Waals surface area contributed by atoms with Crippen LogP contribution >= 0.6 is 0 Å². The van der Waals surface area contributed by atoms with Crippen LogP contribution in [0.15, 0.2) is 30.6 Å². The van der Waals surface area contributed by atoms with Crippen molar-refractivity contribution in [3.63, 3.8) is 0 Å². The fourth-order valence-corrected chi connectivity index (χ4v) is 3.95. The summed E-state index contributed by atoms with van der Waals surface area (Å²) >= 11 is 0. The molecule has 4 rings (SSSR count). The van der Waals surface area contributed by atoms with Gasteiger partial charge in [0, 0.05) is 43.9 Å². The summed E-state index contributed by atoms with van der Waals surface area (Å²) in [6.07, 6.45) is 4.56. The minimum atomic E-state index is -0.160. The summed E-state index contributed by atoms with van der Waals surface area (Å²) in [7, 11) is 5.93. The Labute approximate surface area is 159 Å². The molecule has 0 spiro atoms. The Morgan fingerprint density at radius 2 is 2.19 bits per heavy atom. The zero-order valence-electron chi connectivity index (χ0n) is 16.1. The molecule has 0 N–H and O–H groups in total. The third-order valence-electron chi connectivity index (χ3n) is 5.16. The van der Waals surface area contributed by atoms with Gasteiger partial charge in [-0.05, 0) is 37.9 Å². The number of morpholine rings is 1. The van der Waals surface area contributed by atoms with Crippen molar-refractivity contribution in [1.82, 2.24) is 19.6 Å². The number of hydrogen-bond acceptors (Lipinski definition) is 5. The average Bonchev–Trinajstić information content (AvgIpc) is 3.28. The first kappa shape index (κ1) is 18.0. The molecule has 3 heterocycles. The molecule has 0 bridgehead atoms. The summed E-state index contributed by atoms with van der Waals surface area (Å²) < 4.78 is 13.4. The minimum Gasteiger partial charge on any atom is -0.493 e. The van der Waals surface area contributed by atoms with Crippen molar-refractivity contribution in [2.24, 2.45) is 7.05 Å². The molecular formula is C20H26N4O3. The van der Waals surface area contributed by atoms with Gasteiger partial charge in [0.25, 0.3) is 5.91 Å². The monoisotopic (exact) mass is 370 g/mol. The van der Waals surface area contributed by atoms with E-state index in [0.29, 0.717) is 25.3 Å². The second-order valence-corrected chi connectivity index (χ2v) is 7.48. The zero-order valence-corrected chi connectivity index (χ0v) is 16.1. The maximum absolute atomic E-state index is 13.4. The molecular weight excluding hydrogens is 344 g/mol. The van der Waals surface area contributed by atoms with Crippen LogP contribution in [0, 0.1) is 0 Å². The molecule has 1 fully saturated rings. The number of nitrogens with zero attached hydrogens (tertiary/aromatic N) is 4. The molecule has 2 aliphatic rings. The predicted octanol–water partition coefficient (Wildman–Crippen LogP) is 1.50. The van der Waals surface area contributed by atoms with E-state index in [2.05, 4.69) is 10.00 Å². The highest BCUT2D eigenvalue weighted by Gasteiger charge is 2.38. The topological polar surface area (TPSA) is 59.8 Å². The Bertz CT molecular complexity index is 832. The molecule has 1 amide bonds. The first-order chi connectivity index (χ1) is 13.0. The fourth-order valence-electron chi connectivity index (χ4n) is 3.95. The maximum Gasteiger partial charge on any atom is 0.254 e. The smallest absolute Gasteiger partial charge is 0.254 e. The van der Waals surface area contributed by atoms with E-state index in [1.54, 1.807) is 4.68 Å². The molecule has 0 radical (unpaired) electrons. The minimum absolute atomic E-state index is 0.0330. The number of hydrogen-bond donors (Lipinski definition) is 0. The quantitative estimate of drug-likeness (QED) is 0.816. The summed E-state index contributed by atoms with van der Waals surface area (Å²) in [5.74, 6) is 0.924. The number of rotatable bonds is 4. The van der Waals surface area contributed by atoms with Crippen molar-refractivity contribution in [2.75, 3.05) is 40.4 Å². The summed E-state index contributed by atoms with van der Waals surface area (Å²) in [6, 6.07) is 5.59. The van der Waals surface area contributed by atoms with Gasteiger partial charge < -0.3 is 19.3 Å². The van der Waals surface area contributed by atoms with Crippen LogP contribution in [0.2, 0.25) is 0 Å². The van der Waals surface area contributed by atoms with E-state index in [1.807, 2.05) is 56.6 Å². The predicted molar refractivity (Wildman–Crippen MR) is 101 cm³/mol. The van der Waals surface area contributed by atoms with E-state index in [4.69, 9.17) is 9.47 Å². The lowest BCUT2D eigenvalue weighted by atomic mass is 9.98. The second kappa shape index (κ2) is 7.32.